The lowest BCUT2D eigenvalue weighted by atomic mass is 10.0. The first-order chi connectivity index (χ1) is 9.13. The number of amides is 1. The van der Waals surface area contributed by atoms with Crippen molar-refractivity contribution in [3.63, 3.8) is 0 Å². The van der Waals surface area contributed by atoms with Gasteiger partial charge < -0.3 is 10.2 Å². The molecule has 4 nitrogen and oxygen atoms in total. The standard InChI is InChI=1S/C15H23N3O/c1-4-11(2)17-15-13(7-5-9-16-15)14-8-6-10-18(14)12(3)19/h5,7,9,11,14H,4,6,8,10H2,1-3H3,(H,16,17)/t11-,14+/m0/s1. The molecule has 1 aliphatic heterocycles. The largest absolute Gasteiger partial charge is 0.367 e. The summed E-state index contributed by atoms with van der Waals surface area (Å²) in [5.41, 5.74) is 1.15. The van der Waals surface area contributed by atoms with Gasteiger partial charge in [0.25, 0.3) is 0 Å². The van der Waals surface area contributed by atoms with Crippen LogP contribution in [0.3, 0.4) is 0 Å². The summed E-state index contributed by atoms with van der Waals surface area (Å²) in [5, 5.41) is 3.45. The molecule has 2 rings (SSSR count). The van der Waals surface area contributed by atoms with E-state index in [1.165, 1.54) is 0 Å². The third-order valence-corrected chi connectivity index (χ3v) is 3.85. The van der Waals surface area contributed by atoms with Crippen LogP contribution < -0.4 is 5.32 Å². The number of anilines is 1. The number of hydrogen-bond acceptors (Lipinski definition) is 3. The first-order valence-corrected chi connectivity index (χ1v) is 7.12. The first kappa shape index (κ1) is 13.8. The maximum absolute atomic E-state index is 11.7. The quantitative estimate of drug-likeness (QED) is 0.906. The summed E-state index contributed by atoms with van der Waals surface area (Å²) in [5.74, 6) is 1.08. The maximum Gasteiger partial charge on any atom is 0.219 e. The van der Waals surface area contributed by atoms with Gasteiger partial charge in [-0.2, -0.15) is 0 Å². The highest BCUT2D eigenvalue weighted by Crippen LogP contribution is 2.35. The third kappa shape index (κ3) is 3.06. The zero-order valence-corrected chi connectivity index (χ0v) is 12.0. The normalized spacial score (nSPS) is 20.4. The predicted octanol–water partition coefficient (Wildman–Crippen LogP) is 2.98. The van der Waals surface area contributed by atoms with Crippen molar-refractivity contribution in [1.29, 1.82) is 0 Å². The molecule has 1 fully saturated rings. The minimum Gasteiger partial charge on any atom is -0.367 e. The van der Waals surface area contributed by atoms with Crippen molar-refractivity contribution >= 4 is 11.7 Å². The lowest BCUT2D eigenvalue weighted by molar-refractivity contribution is -0.129. The second kappa shape index (κ2) is 6.04. The molecule has 0 radical (unpaired) electrons. The fraction of sp³-hybridized carbons (Fsp3) is 0.600. The molecule has 1 saturated heterocycles. The van der Waals surface area contributed by atoms with Crippen LogP contribution in [0.4, 0.5) is 5.82 Å². The summed E-state index contributed by atoms with van der Waals surface area (Å²) in [6.07, 6.45) is 4.96. The smallest absolute Gasteiger partial charge is 0.219 e. The lowest BCUT2D eigenvalue weighted by Gasteiger charge is -2.26. The van der Waals surface area contributed by atoms with Crippen LogP contribution in [-0.4, -0.2) is 28.4 Å². The van der Waals surface area contributed by atoms with Gasteiger partial charge in [0.15, 0.2) is 0 Å². The number of carbonyl (C=O) groups is 1. The molecule has 1 aromatic heterocycles. The van der Waals surface area contributed by atoms with Gasteiger partial charge in [-0.25, -0.2) is 4.98 Å². The summed E-state index contributed by atoms with van der Waals surface area (Å²) in [7, 11) is 0. The molecule has 0 saturated carbocycles. The SMILES string of the molecule is CC[C@H](C)Nc1ncccc1[C@H]1CCCN1C(C)=O. The summed E-state index contributed by atoms with van der Waals surface area (Å²) < 4.78 is 0. The molecule has 1 N–H and O–H groups in total. The Labute approximate surface area is 115 Å². The van der Waals surface area contributed by atoms with Crippen LogP contribution in [0.5, 0.6) is 0 Å². The molecule has 0 aliphatic carbocycles. The molecule has 1 amide bonds. The highest BCUT2D eigenvalue weighted by Gasteiger charge is 2.29. The number of hydrogen-bond donors (Lipinski definition) is 1. The van der Waals surface area contributed by atoms with Gasteiger partial charge in [0.05, 0.1) is 6.04 Å². The lowest BCUT2D eigenvalue weighted by Crippen LogP contribution is -2.29. The highest BCUT2D eigenvalue weighted by molar-refractivity contribution is 5.74. The molecule has 104 valence electrons. The number of likely N-dealkylation sites (tertiary alicyclic amines) is 1. The van der Waals surface area contributed by atoms with E-state index < -0.39 is 0 Å². The van der Waals surface area contributed by atoms with Crippen molar-refractivity contribution in [1.82, 2.24) is 9.88 Å². The Bertz CT molecular complexity index is 447. The van der Waals surface area contributed by atoms with Crippen molar-refractivity contribution in [2.75, 3.05) is 11.9 Å². The molecule has 2 heterocycles. The zero-order chi connectivity index (χ0) is 13.8. The van der Waals surface area contributed by atoms with Crippen LogP contribution in [0.2, 0.25) is 0 Å². The number of nitrogens with one attached hydrogen (secondary N) is 1. The molecule has 2 atom stereocenters. The number of aromatic nitrogens is 1. The van der Waals surface area contributed by atoms with Crippen LogP contribution in [-0.2, 0) is 4.79 Å². The predicted molar refractivity (Wildman–Crippen MR) is 77.0 cm³/mol. The van der Waals surface area contributed by atoms with E-state index in [0.717, 1.165) is 37.2 Å². The zero-order valence-electron chi connectivity index (χ0n) is 12.0. The third-order valence-electron chi connectivity index (χ3n) is 3.85. The van der Waals surface area contributed by atoms with Crippen LogP contribution in [0.15, 0.2) is 18.3 Å². The van der Waals surface area contributed by atoms with Gasteiger partial charge in [0, 0.05) is 31.3 Å². The fourth-order valence-corrected chi connectivity index (χ4v) is 2.61. The minimum absolute atomic E-state index is 0.154. The molecule has 1 aromatic rings. The summed E-state index contributed by atoms with van der Waals surface area (Å²) >= 11 is 0. The number of rotatable bonds is 4. The van der Waals surface area contributed by atoms with E-state index in [1.54, 1.807) is 13.1 Å². The average Bonchev–Trinajstić information content (AvgIpc) is 2.88. The minimum atomic E-state index is 0.154. The fourth-order valence-electron chi connectivity index (χ4n) is 2.61. The monoisotopic (exact) mass is 261 g/mol. The van der Waals surface area contributed by atoms with Crippen molar-refractivity contribution in [2.24, 2.45) is 0 Å². The average molecular weight is 261 g/mol. The molecule has 19 heavy (non-hydrogen) atoms. The molecular weight excluding hydrogens is 238 g/mol. The van der Waals surface area contributed by atoms with E-state index in [-0.39, 0.29) is 11.9 Å². The molecule has 0 aromatic carbocycles. The van der Waals surface area contributed by atoms with Crippen LogP contribution in [0.25, 0.3) is 0 Å². The Hall–Kier alpha value is -1.58. The van der Waals surface area contributed by atoms with E-state index >= 15 is 0 Å². The molecular formula is C15H23N3O. The van der Waals surface area contributed by atoms with Crippen molar-refractivity contribution in [3.8, 4) is 0 Å². The first-order valence-electron chi connectivity index (χ1n) is 7.12. The summed E-state index contributed by atoms with van der Waals surface area (Å²) in [4.78, 5) is 18.1. The van der Waals surface area contributed by atoms with Crippen LogP contribution >= 0.6 is 0 Å². The number of pyridine rings is 1. The maximum atomic E-state index is 11.7. The van der Waals surface area contributed by atoms with E-state index in [0.29, 0.717) is 6.04 Å². The van der Waals surface area contributed by atoms with E-state index in [4.69, 9.17) is 0 Å². The highest BCUT2D eigenvalue weighted by atomic mass is 16.2. The second-order valence-electron chi connectivity index (χ2n) is 5.27. The van der Waals surface area contributed by atoms with Gasteiger partial charge in [-0.1, -0.05) is 13.0 Å². The molecule has 0 spiro atoms. The molecule has 0 unspecified atom stereocenters. The van der Waals surface area contributed by atoms with Gasteiger partial charge in [0.2, 0.25) is 5.91 Å². The van der Waals surface area contributed by atoms with Crippen LogP contribution in [0, 0.1) is 0 Å². The van der Waals surface area contributed by atoms with Gasteiger partial charge in [-0.15, -0.1) is 0 Å². The Balaban J connectivity index is 2.26. The second-order valence-corrected chi connectivity index (χ2v) is 5.27. The van der Waals surface area contributed by atoms with Crippen molar-refractivity contribution in [3.05, 3.63) is 23.9 Å². The Morgan fingerprint density at radius 1 is 1.63 bits per heavy atom. The number of nitrogens with zero attached hydrogens (tertiary/aromatic N) is 2. The molecule has 1 aliphatic rings. The van der Waals surface area contributed by atoms with E-state index in [2.05, 4.69) is 30.2 Å². The van der Waals surface area contributed by atoms with Gasteiger partial charge in [-0.3, -0.25) is 4.79 Å². The van der Waals surface area contributed by atoms with Gasteiger partial charge in [0.1, 0.15) is 5.82 Å². The molecule has 0 bridgehead atoms. The summed E-state index contributed by atoms with van der Waals surface area (Å²) in [6.45, 7) is 6.81. The van der Waals surface area contributed by atoms with Gasteiger partial charge in [-0.05, 0) is 32.3 Å². The van der Waals surface area contributed by atoms with Crippen LogP contribution in [0.1, 0.15) is 51.6 Å². The Morgan fingerprint density at radius 3 is 3.11 bits per heavy atom. The Kier molecular flexibility index (Phi) is 4.40. The topological polar surface area (TPSA) is 45.2 Å². The van der Waals surface area contributed by atoms with Crippen molar-refractivity contribution in [2.45, 2.75) is 52.1 Å². The van der Waals surface area contributed by atoms with E-state index in [9.17, 15) is 4.79 Å². The van der Waals surface area contributed by atoms with E-state index in [1.807, 2.05) is 11.0 Å². The van der Waals surface area contributed by atoms with Crippen molar-refractivity contribution < 1.29 is 4.79 Å². The Morgan fingerprint density at radius 2 is 2.42 bits per heavy atom. The molecule has 4 heteroatoms. The number of carbonyl (C=O) groups excluding carboxylic acids is 1. The van der Waals surface area contributed by atoms with Gasteiger partial charge >= 0.3 is 0 Å². The summed E-state index contributed by atoms with van der Waals surface area (Å²) in [6, 6.07) is 4.61.